The lowest BCUT2D eigenvalue weighted by Crippen LogP contribution is -2.39. The van der Waals surface area contributed by atoms with Crippen LogP contribution >= 0.6 is 0 Å². The fraction of sp³-hybridized carbons (Fsp3) is 0.490. The molecule has 5 aliphatic rings. The molecular weight excluding hydrogens is 929 g/mol. The summed E-state index contributed by atoms with van der Waals surface area (Å²) in [5.74, 6) is 0.107. The van der Waals surface area contributed by atoms with Crippen LogP contribution in [-0.4, -0.2) is 99.6 Å². The molecular formula is C51H64N10O7S2. The lowest BCUT2D eigenvalue weighted by molar-refractivity contribution is 0.0605. The lowest BCUT2D eigenvalue weighted by Gasteiger charge is -2.35. The molecule has 2 aromatic carbocycles. The number of carboxylic acids is 1. The molecule has 3 saturated heterocycles. The van der Waals surface area contributed by atoms with E-state index in [4.69, 9.17) is 25.3 Å². The second-order valence-electron chi connectivity index (χ2n) is 19.6. The van der Waals surface area contributed by atoms with E-state index >= 15 is 0 Å². The predicted molar refractivity (Wildman–Crippen MR) is 270 cm³/mol. The average Bonchev–Trinajstić information content (AvgIpc) is 4.25. The summed E-state index contributed by atoms with van der Waals surface area (Å²) >= 11 is 0. The first kappa shape index (κ1) is 49.1. The van der Waals surface area contributed by atoms with Gasteiger partial charge in [0.25, 0.3) is 5.91 Å². The molecule has 70 heavy (non-hydrogen) atoms. The van der Waals surface area contributed by atoms with Crippen LogP contribution < -0.4 is 14.3 Å². The quantitative estimate of drug-likeness (QED) is 0.119. The molecule has 3 N–H and O–H groups in total. The van der Waals surface area contributed by atoms with Crippen LogP contribution in [0.25, 0.3) is 11.3 Å². The number of carboxylic acid groups (broad SMARTS) is 1. The molecule has 0 radical (unpaired) electrons. The number of aromatic nitrogens is 6. The number of hydrogen-bond donors (Lipinski definition) is 3. The van der Waals surface area contributed by atoms with E-state index in [9.17, 15) is 26.4 Å². The highest BCUT2D eigenvalue weighted by Gasteiger charge is 2.36. The van der Waals surface area contributed by atoms with Gasteiger partial charge in [0.05, 0.1) is 58.0 Å². The second kappa shape index (κ2) is 20.1. The Morgan fingerprint density at radius 1 is 0.743 bits per heavy atom. The van der Waals surface area contributed by atoms with Gasteiger partial charge in [-0.2, -0.15) is 10.2 Å². The number of amides is 1. The van der Waals surface area contributed by atoms with Gasteiger partial charge in [-0.1, -0.05) is 31.0 Å². The number of sulfonamides is 2. The molecule has 17 nitrogen and oxygen atoms in total. The lowest BCUT2D eigenvalue weighted by atomic mass is 9.97. The second-order valence-corrected chi connectivity index (χ2v) is 23.3. The molecule has 1 amide bonds. The fourth-order valence-corrected chi connectivity index (χ4v) is 12.0. The summed E-state index contributed by atoms with van der Waals surface area (Å²) in [6.45, 7) is 10.2. The predicted octanol–water partition coefficient (Wildman–Crippen LogP) is 8.18. The Hall–Kier alpha value is -5.92. The van der Waals surface area contributed by atoms with Crippen LogP contribution in [0, 0.1) is 20.8 Å². The minimum atomic E-state index is -3.47. The van der Waals surface area contributed by atoms with E-state index in [2.05, 4.69) is 42.1 Å². The number of nitrogens with one attached hydrogen (secondary N) is 2. The molecule has 0 unspecified atom stereocenters. The number of carbonyl (C=O) groups excluding carboxylic acids is 1. The van der Waals surface area contributed by atoms with E-state index < -0.39 is 26.0 Å². The van der Waals surface area contributed by atoms with Crippen LogP contribution in [0.4, 0.5) is 11.4 Å². The molecule has 6 aromatic rings. The van der Waals surface area contributed by atoms with Crippen molar-refractivity contribution in [1.82, 2.24) is 39.4 Å². The SMILES string of the molecule is CCc1ccc(NS(C)(=O)=O)c(C(=O)O)c1.Cc1cc(C2CC2)nc2cc([C@@H]3CCCCN3)nn12.Cc1ccc(N2CCCS2(=O)=O)c(C(=O)N2CCCC[C@H]2c2cc3nc(C4CC4)cc(C)n3n2)c1. The molecule has 7 heterocycles. The monoisotopic (exact) mass is 992 g/mol. The van der Waals surface area contributed by atoms with Gasteiger partial charge < -0.3 is 15.3 Å². The zero-order valence-corrected chi connectivity index (χ0v) is 42.3. The third-order valence-corrected chi connectivity index (χ3v) is 16.3. The van der Waals surface area contributed by atoms with Gasteiger partial charge in [-0.3, -0.25) is 13.8 Å². The molecule has 2 aliphatic carbocycles. The number of likely N-dealkylation sites (tertiary alicyclic amines) is 1. The first-order valence-electron chi connectivity index (χ1n) is 24.7. The van der Waals surface area contributed by atoms with Crippen molar-refractivity contribution in [2.45, 2.75) is 129 Å². The Balaban J connectivity index is 0.000000146. The number of nitrogens with zero attached hydrogens (tertiary/aromatic N) is 8. The van der Waals surface area contributed by atoms with Crippen molar-refractivity contribution >= 4 is 54.6 Å². The first-order valence-corrected chi connectivity index (χ1v) is 28.2. The van der Waals surface area contributed by atoms with E-state index in [1.54, 1.807) is 12.1 Å². The Kier molecular flexibility index (Phi) is 14.1. The summed E-state index contributed by atoms with van der Waals surface area (Å²) in [4.78, 5) is 36.5. The van der Waals surface area contributed by atoms with E-state index in [0.717, 1.165) is 77.3 Å². The summed E-state index contributed by atoms with van der Waals surface area (Å²) in [6, 6.07) is 18.9. The first-order chi connectivity index (χ1) is 33.5. The molecule has 2 saturated carbocycles. The Morgan fingerprint density at radius 3 is 1.96 bits per heavy atom. The van der Waals surface area contributed by atoms with Gasteiger partial charge in [0, 0.05) is 59.8 Å². The van der Waals surface area contributed by atoms with Gasteiger partial charge >= 0.3 is 5.97 Å². The van der Waals surface area contributed by atoms with E-state index in [0.29, 0.717) is 55.1 Å². The summed E-state index contributed by atoms with van der Waals surface area (Å²) < 4.78 is 54.9. The third kappa shape index (κ3) is 11.0. The number of carbonyl (C=O) groups is 2. The number of piperidine rings is 2. The maximum absolute atomic E-state index is 14.0. The van der Waals surface area contributed by atoms with Crippen LogP contribution in [0.15, 0.2) is 60.7 Å². The number of rotatable bonds is 10. The number of fused-ring (bicyclic) bond motifs is 2. The molecule has 2 atom stereocenters. The number of aryl methyl sites for hydroxylation is 4. The number of hydrogen-bond acceptors (Lipinski definition) is 11. The zero-order chi connectivity index (χ0) is 49.5. The molecule has 0 spiro atoms. The maximum atomic E-state index is 14.0. The van der Waals surface area contributed by atoms with E-state index in [-0.39, 0.29) is 29.0 Å². The van der Waals surface area contributed by atoms with Crippen LogP contribution in [0.1, 0.15) is 167 Å². The number of benzene rings is 2. The standard InChI is InChI=1S/C26H31N5O3S.C15H20N4.C10H13NO4S/c1-17-7-10-23(30-12-5-13-35(30,33)34)20(14-17)26(32)29-11-4-3-6-24(29)22-16-25-27-21(19-8-9-19)15-18(2)31(25)28-22;1-10-8-13(11-5-6-11)17-15-9-14(18-19(10)15)12-4-2-3-7-16-12;1-3-7-4-5-9(11-16(2,14)15)8(6-7)10(12)13/h7,10,14-16,19,24H,3-6,8-9,11-13H2,1-2H3;8-9,11-12,16H,2-7H2,1H3;4-6,11H,3H2,1-2H3,(H,12,13)/t24-;12-;/m00./s1. The Morgan fingerprint density at radius 2 is 1.39 bits per heavy atom. The van der Waals surface area contributed by atoms with Gasteiger partial charge in [-0.05, 0) is 140 Å². The Bertz CT molecular complexity index is 3170. The average molecular weight is 993 g/mol. The summed E-state index contributed by atoms with van der Waals surface area (Å²) in [6.07, 6.45) is 13.8. The molecule has 3 aliphatic heterocycles. The molecule has 0 bridgehead atoms. The molecule has 5 fully saturated rings. The summed E-state index contributed by atoms with van der Waals surface area (Å²) in [5, 5.41) is 22.1. The van der Waals surface area contributed by atoms with Gasteiger partial charge in [0.1, 0.15) is 0 Å². The maximum Gasteiger partial charge on any atom is 0.337 e. The van der Waals surface area contributed by atoms with Crippen LogP contribution in [-0.2, 0) is 26.5 Å². The molecule has 4 aromatic heterocycles. The smallest absolute Gasteiger partial charge is 0.337 e. The fourth-order valence-electron chi connectivity index (χ4n) is 9.81. The van der Waals surface area contributed by atoms with Gasteiger partial charge in [0.15, 0.2) is 11.3 Å². The van der Waals surface area contributed by atoms with Crippen molar-refractivity contribution in [3.05, 3.63) is 117 Å². The van der Waals surface area contributed by atoms with Crippen LogP contribution in [0.2, 0.25) is 0 Å². The molecule has 372 valence electrons. The molecule has 19 heteroatoms. The van der Waals surface area contributed by atoms with Crippen molar-refractivity contribution in [2.24, 2.45) is 0 Å². The van der Waals surface area contributed by atoms with Crippen molar-refractivity contribution in [3.63, 3.8) is 0 Å². The van der Waals surface area contributed by atoms with Crippen LogP contribution in [0.5, 0.6) is 0 Å². The summed E-state index contributed by atoms with van der Waals surface area (Å²) in [7, 11) is -6.86. The van der Waals surface area contributed by atoms with Crippen molar-refractivity contribution < 1.29 is 31.5 Å². The summed E-state index contributed by atoms with van der Waals surface area (Å²) in [5.41, 5.74) is 11.3. The van der Waals surface area contributed by atoms with Gasteiger partial charge in [-0.15, -0.1) is 0 Å². The Labute approximate surface area is 410 Å². The largest absolute Gasteiger partial charge is 0.478 e. The zero-order valence-electron chi connectivity index (χ0n) is 40.7. The van der Waals surface area contributed by atoms with Crippen molar-refractivity contribution in [3.8, 4) is 0 Å². The normalized spacial score (nSPS) is 20.1. The van der Waals surface area contributed by atoms with E-state index in [1.807, 2.05) is 46.0 Å². The highest BCUT2D eigenvalue weighted by Crippen LogP contribution is 2.41. The van der Waals surface area contributed by atoms with E-state index in [1.165, 1.54) is 72.8 Å². The molecule has 11 rings (SSSR count). The number of anilines is 2. The number of aromatic carboxylic acids is 1. The van der Waals surface area contributed by atoms with Crippen LogP contribution in [0.3, 0.4) is 0 Å². The highest BCUT2D eigenvalue weighted by atomic mass is 32.2. The van der Waals surface area contributed by atoms with Crippen molar-refractivity contribution in [2.75, 3.05) is 40.7 Å². The van der Waals surface area contributed by atoms with Crippen molar-refractivity contribution in [1.29, 1.82) is 0 Å². The minimum Gasteiger partial charge on any atom is -0.478 e. The minimum absolute atomic E-state index is 0.0372. The highest BCUT2D eigenvalue weighted by molar-refractivity contribution is 7.93. The van der Waals surface area contributed by atoms with Gasteiger partial charge in [-0.25, -0.2) is 40.6 Å². The third-order valence-electron chi connectivity index (χ3n) is 13.8. The topological polar surface area (TPSA) is 214 Å². The van der Waals surface area contributed by atoms with Gasteiger partial charge in [0.2, 0.25) is 20.0 Å².